The van der Waals surface area contributed by atoms with E-state index in [4.69, 9.17) is 0 Å². The first kappa shape index (κ1) is 16.2. The maximum Gasteiger partial charge on any atom is 0.0669 e. The van der Waals surface area contributed by atoms with E-state index in [-0.39, 0.29) is 17.6 Å². The Morgan fingerprint density at radius 1 is 1.21 bits per heavy atom. The molecule has 0 saturated heterocycles. The molecule has 0 radical (unpaired) electrons. The first-order valence-electron chi connectivity index (χ1n) is 7.17. The predicted octanol–water partition coefficient (Wildman–Crippen LogP) is 3.75. The standard InChI is InChI=1S/C17H29NO/c1-12-7-8-13(2)16(9-12)14(3)18-11-15(19)10-17(4,5)6/h7-9,14-15,18-19H,10-11H2,1-6H3. The van der Waals surface area contributed by atoms with Crippen LogP contribution in [0.2, 0.25) is 0 Å². The van der Waals surface area contributed by atoms with Crippen molar-refractivity contribution in [3.05, 3.63) is 34.9 Å². The zero-order chi connectivity index (χ0) is 14.6. The molecule has 0 amide bonds. The average molecular weight is 263 g/mol. The summed E-state index contributed by atoms with van der Waals surface area (Å²) in [5, 5.41) is 13.5. The Balaban J connectivity index is 2.56. The lowest BCUT2D eigenvalue weighted by Gasteiger charge is -2.24. The molecular formula is C17H29NO. The lowest BCUT2D eigenvalue weighted by Crippen LogP contribution is -2.32. The van der Waals surface area contributed by atoms with Crippen LogP contribution >= 0.6 is 0 Å². The van der Waals surface area contributed by atoms with Crippen molar-refractivity contribution in [1.82, 2.24) is 5.32 Å². The van der Waals surface area contributed by atoms with Gasteiger partial charge in [-0.1, -0.05) is 44.5 Å². The fourth-order valence-electron chi connectivity index (χ4n) is 2.43. The smallest absolute Gasteiger partial charge is 0.0669 e. The van der Waals surface area contributed by atoms with Crippen molar-refractivity contribution in [3.63, 3.8) is 0 Å². The number of benzene rings is 1. The van der Waals surface area contributed by atoms with Crippen molar-refractivity contribution in [3.8, 4) is 0 Å². The minimum atomic E-state index is -0.285. The summed E-state index contributed by atoms with van der Waals surface area (Å²) >= 11 is 0. The van der Waals surface area contributed by atoms with E-state index in [1.54, 1.807) is 0 Å². The number of nitrogens with one attached hydrogen (secondary N) is 1. The van der Waals surface area contributed by atoms with Gasteiger partial charge < -0.3 is 10.4 Å². The fourth-order valence-corrected chi connectivity index (χ4v) is 2.43. The first-order chi connectivity index (χ1) is 8.69. The largest absolute Gasteiger partial charge is 0.392 e. The van der Waals surface area contributed by atoms with E-state index in [0.717, 1.165) is 6.42 Å². The molecule has 108 valence electrons. The van der Waals surface area contributed by atoms with Crippen LogP contribution < -0.4 is 5.32 Å². The van der Waals surface area contributed by atoms with Crippen molar-refractivity contribution in [2.75, 3.05) is 6.54 Å². The number of hydrogen-bond acceptors (Lipinski definition) is 2. The van der Waals surface area contributed by atoms with Gasteiger partial charge >= 0.3 is 0 Å². The Bertz CT molecular complexity index is 406. The molecule has 0 bridgehead atoms. The summed E-state index contributed by atoms with van der Waals surface area (Å²) in [6.45, 7) is 13.5. The highest BCUT2D eigenvalue weighted by Crippen LogP contribution is 2.22. The van der Waals surface area contributed by atoms with Gasteiger partial charge in [0.05, 0.1) is 6.10 Å². The molecule has 0 aliphatic heterocycles. The topological polar surface area (TPSA) is 32.3 Å². The highest BCUT2D eigenvalue weighted by atomic mass is 16.3. The van der Waals surface area contributed by atoms with Gasteiger partial charge in [-0.3, -0.25) is 0 Å². The van der Waals surface area contributed by atoms with Crippen molar-refractivity contribution >= 4 is 0 Å². The van der Waals surface area contributed by atoms with E-state index in [1.807, 2.05) is 0 Å². The summed E-state index contributed by atoms with van der Waals surface area (Å²) in [6, 6.07) is 6.80. The quantitative estimate of drug-likeness (QED) is 0.848. The van der Waals surface area contributed by atoms with Gasteiger partial charge in [-0.05, 0) is 43.7 Å². The second-order valence-electron chi connectivity index (χ2n) is 6.91. The lowest BCUT2D eigenvalue weighted by molar-refractivity contribution is 0.117. The summed E-state index contributed by atoms with van der Waals surface area (Å²) in [5.41, 5.74) is 4.08. The van der Waals surface area contributed by atoms with Crippen LogP contribution in [0.15, 0.2) is 18.2 Å². The molecule has 2 nitrogen and oxygen atoms in total. The Morgan fingerprint density at radius 3 is 2.42 bits per heavy atom. The van der Waals surface area contributed by atoms with Crippen molar-refractivity contribution in [2.24, 2.45) is 5.41 Å². The molecule has 2 atom stereocenters. The first-order valence-corrected chi connectivity index (χ1v) is 7.17. The summed E-state index contributed by atoms with van der Waals surface area (Å²) in [7, 11) is 0. The van der Waals surface area contributed by atoms with Crippen molar-refractivity contribution in [2.45, 2.75) is 60.1 Å². The molecule has 0 heterocycles. The molecule has 19 heavy (non-hydrogen) atoms. The monoisotopic (exact) mass is 263 g/mol. The third-order valence-corrected chi connectivity index (χ3v) is 3.41. The van der Waals surface area contributed by atoms with Gasteiger partial charge in [0.1, 0.15) is 0 Å². The third-order valence-electron chi connectivity index (χ3n) is 3.41. The van der Waals surface area contributed by atoms with E-state index in [2.05, 4.69) is 65.1 Å². The van der Waals surface area contributed by atoms with Gasteiger partial charge in [-0.2, -0.15) is 0 Å². The van der Waals surface area contributed by atoms with Crippen LogP contribution in [0.1, 0.15) is 56.8 Å². The molecule has 0 fully saturated rings. The van der Waals surface area contributed by atoms with Crippen LogP contribution in [0.4, 0.5) is 0 Å². The van der Waals surface area contributed by atoms with Gasteiger partial charge in [0.2, 0.25) is 0 Å². The molecule has 0 aliphatic carbocycles. The van der Waals surface area contributed by atoms with Crippen LogP contribution in [0.3, 0.4) is 0 Å². The van der Waals surface area contributed by atoms with E-state index >= 15 is 0 Å². The van der Waals surface area contributed by atoms with Crippen molar-refractivity contribution < 1.29 is 5.11 Å². The highest BCUT2D eigenvalue weighted by Gasteiger charge is 2.17. The minimum Gasteiger partial charge on any atom is -0.392 e. The molecule has 0 aromatic heterocycles. The average Bonchev–Trinajstić information content (AvgIpc) is 2.27. The predicted molar refractivity (Wildman–Crippen MR) is 82.4 cm³/mol. The van der Waals surface area contributed by atoms with Crippen LogP contribution in [-0.2, 0) is 0 Å². The highest BCUT2D eigenvalue weighted by molar-refractivity contribution is 5.32. The maximum atomic E-state index is 10.0. The second-order valence-corrected chi connectivity index (χ2v) is 6.91. The van der Waals surface area contributed by atoms with Crippen LogP contribution in [-0.4, -0.2) is 17.8 Å². The SMILES string of the molecule is Cc1ccc(C)c(C(C)NCC(O)CC(C)(C)C)c1. The van der Waals surface area contributed by atoms with Gasteiger partial charge in [0.25, 0.3) is 0 Å². The molecule has 2 heteroatoms. The number of aliphatic hydroxyl groups excluding tert-OH is 1. The molecule has 2 N–H and O–H groups in total. The molecule has 0 spiro atoms. The van der Waals surface area contributed by atoms with Crippen LogP contribution in [0, 0.1) is 19.3 Å². The summed E-state index contributed by atoms with van der Waals surface area (Å²) in [6.07, 6.45) is 0.534. The van der Waals surface area contributed by atoms with Crippen LogP contribution in [0.5, 0.6) is 0 Å². The van der Waals surface area contributed by atoms with E-state index in [9.17, 15) is 5.11 Å². The lowest BCUT2D eigenvalue weighted by atomic mass is 9.89. The Morgan fingerprint density at radius 2 is 1.84 bits per heavy atom. The Labute approximate surface area is 118 Å². The zero-order valence-corrected chi connectivity index (χ0v) is 13.2. The molecule has 1 aromatic carbocycles. The summed E-state index contributed by atoms with van der Waals surface area (Å²) in [4.78, 5) is 0. The summed E-state index contributed by atoms with van der Waals surface area (Å²) in [5.74, 6) is 0. The Hall–Kier alpha value is -0.860. The fraction of sp³-hybridized carbons (Fsp3) is 0.647. The van der Waals surface area contributed by atoms with Gasteiger partial charge in [0.15, 0.2) is 0 Å². The van der Waals surface area contributed by atoms with E-state index in [1.165, 1.54) is 16.7 Å². The number of hydrogen-bond donors (Lipinski definition) is 2. The molecule has 0 aliphatic rings. The van der Waals surface area contributed by atoms with Crippen molar-refractivity contribution in [1.29, 1.82) is 0 Å². The molecule has 2 unspecified atom stereocenters. The second kappa shape index (κ2) is 6.53. The third kappa shape index (κ3) is 5.75. The molecule has 1 rings (SSSR count). The zero-order valence-electron chi connectivity index (χ0n) is 13.2. The van der Waals surface area contributed by atoms with Gasteiger partial charge in [0, 0.05) is 12.6 Å². The van der Waals surface area contributed by atoms with Gasteiger partial charge in [-0.15, -0.1) is 0 Å². The number of rotatable bonds is 5. The molecule has 0 saturated carbocycles. The Kier molecular flexibility index (Phi) is 5.57. The van der Waals surface area contributed by atoms with Crippen LogP contribution in [0.25, 0.3) is 0 Å². The summed E-state index contributed by atoms with van der Waals surface area (Å²) < 4.78 is 0. The minimum absolute atomic E-state index is 0.170. The molecular weight excluding hydrogens is 234 g/mol. The van der Waals surface area contributed by atoms with E-state index in [0.29, 0.717) is 6.54 Å². The normalized spacial score (nSPS) is 15.3. The van der Waals surface area contributed by atoms with E-state index < -0.39 is 0 Å². The molecule has 1 aromatic rings. The maximum absolute atomic E-state index is 10.0. The number of aryl methyl sites for hydroxylation is 2. The van der Waals surface area contributed by atoms with Gasteiger partial charge in [-0.25, -0.2) is 0 Å². The number of aliphatic hydroxyl groups is 1.